The molecule has 0 aliphatic heterocycles. The molecule has 130 valence electrons. The van der Waals surface area contributed by atoms with Gasteiger partial charge in [-0.05, 0) is 61.9 Å². The molecule has 25 heavy (non-hydrogen) atoms. The lowest BCUT2D eigenvalue weighted by Gasteiger charge is -2.35. The standard InChI is InChI=1S/C21H24N2O2/c1-23(14-15-5-3-2-4-6-15)18-10-7-16(8-11-18)17-9-12-19-20(13-17)25-21(24)22-19/h2-6,9,12-13,16,18H,7-8,10-11,14H2,1H3,(H,22,24). The maximum atomic E-state index is 11.3. The van der Waals surface area contributed by atoms with Crippen molar-refractivity contribution in [2.24, 2.45) is 0 Å². The minimum Gasteiger partial charge on any atom is -0.408 e. The van der Waals surface area contributed by atoms with Crippen molar-refractivity contribution in [1.29, 1.82) is 0 Å². The van der Waals surface area contributed by atoms with Crippen LogP contribution in [0.1, 0.15) is 42.7 Å². The normalized spacial score (nSPS) is 21.0. The summed E-state index contributed by atoms with van der Waals surface area (Å²) in [6.07, 6.45) is 4.79. The van der Waals surface area contributed by atoms with Crippen molar-refractivity contribution < 1.29 is 4.42 Å². The van der Waals surface area contributed by atoms with E-state index in [1.165, 1.54) is 36.8 Å². The third-order valence-corrected chi connectivity index (χ3v) is 5.51. The fourth-order valence-corrected chi connectivity index (χ4v) is 4.07. The highest BCUT2D eigenvalue weighted by Crippen LogP contribution is 2.35. The monoisotopic (exact) mass is 336 g/mol. The van der Waals surface area contributed by atoms with Crippen LogP contribution in [0.15, 0.2) is 57.7 Å². The number of aromatic nitrogens is 1. The molecule has 0 saturated heterocycles. The smallest absolute Gasteiger partial charge is 0.408 e. The Bertz CT molecular complexity index is 889. The third kappa shape index (κ3) is 3.54. The molecule has 4 rings (SSSR count). The number of nitrogens with zero attached hydrogens (tertiary/aromatic N) is 1. The van der Waals surface area contributed by atoms with Crippen molar-refractivity contribution in [1.82, 2.24) is 9.88 Å². The summed E-state index contributed by atoms with van der Waals surface area (Å²) in [4.78, 5) is 16.5. The molecular formula is C21H24N2O2. The lowest BCUT2D eigenvalue weighted by molar-refractivity contribution is 0.175. The second-order valence-corrected chi connectivity index (χ2v) is 7.18. The Morgan fingerprint density at radius 2 is 1.84 bits per heavy atom. The van der Waals surface area contributed by atoms with E-state index in [-0.39, 0.29) is 5.76 Å². The van der Waals surface area contributed by atoms with Gasteiger partial charge in [-0.25, -0.2) is 4.79 Å². The Balaban J connectivity index is 1.39. The Labute approximate surface area is 147 Å². The number of rotatable bonds is 4. The Hall–Kier alpha value is -2.33. The number of nitrogens with one attached hydrogen (secondary N) is 1. The molecule has 4 heteroatoms. The van der Waals surface area contributed by atoms with Gasteiger partial charge in [0, 0.05) is 12.6 Å². The van der Waals surface area contributed by atoms with Crippen LogP contribution in [0.3, 0.4) is 0 Å². The van der Waals surface area contributed by atoms with Gasteiger partial charge >= 0.3 is 5.76 Å². The minimum absolute atomic E-state index is 0.376. The van der Waals surface area contributed by atoms with Gasteiger partial charge in [-0.3, -0.25) is 9.88 Å². The summed E-state index contributed by atoms with van der Waals surface area (Å²) in [5, 5.41) is 0. The summed E-state index contributed by atoms with van der Waals surface area (Å²) in [6, 6.07) is 17.4. The molecule has 0 bridgehead atoms. The van der Waals surface area contributed by atoms with Crippen LogP contribution in [0.5, 0.6) is 0 Å². The summed E-state index contributed by atoms with van der Waals surface area (Å²) in [7, 11) is 2.23. The highest BCUT2D eigenvalue weighted by atomic mass is 16.4. The van der Waals surface area contributed by atoms with Gasteiger partial charge in [0.2, 0.25) is 0 Å². The van der Waals surface area contributed by atoms with Crippen LogP contribution < -0.4 is 5.76 Å². The van der Waals surface area contributed by atoms with Crippen molar-refractivity contribution in [3.63, 3.8) is 0 Å². The van der Waals surface area contributed by atoms with E-state index in [1.54, 1.807) is 0 Å². The van der Waals surface area contributed by atoms with Crippen LogP contribution in [0.4, 0.5) is 0 Å². The van der Waals surface area contributed by atoms with Crippen molar-refractivity contribution in [2.75, 3.05) is 7.05 Å². The van der Waals surface area contributed by atoms with Crippen LogP contribution in [-0.2, 0) is 6.54 Å². The van der Waals surface area contributed by atoms with Gasteiger partial charge in [0.15, 0.2) is 5.58 Å². The molecular weight excluding hydrogens is 312 g/mol. The second kappa shape index (κ2) is 6.89. The highest BCUT2D eigenvalue weighted by Gasteiger charge is 2.25. The average molecular weight is 336 g/mol. The minimum atomic E-state index is -0.376. The van der Waals surface area contributed by atoms with Gasteiger partial charge in [-0.2, -0.15) is 0 Å². The zero-order valence-corrected chi connectivity index (χ0v) is 14.6. The molecule has 2 aromatic carbocycles. The van der Waals surface area contributed by atoms with E-state index in [0.29, 0.717) is 17.5 Å². The van der Waals surface area contributed by atoms with E-state index in [4.69, 9.17) is 4.42 Å². The summed E-state index contributed by atoms with van der Waals surface area (Å²) in [5.74, 6) is 0.185. The zero-order chi connectivity index (χ0) is 17.2. The average Bonchev–Trinajstić information content (AvgIpc) is 3.02. The van der Waals surface area contributed by atoms with Gasteiger partial charge in [0.1, 0.15) is 0 Å². The molecule has 1 N–H and O–H groups in total. The molecule has 1 fully saturated rings. The Morgan fingerprint density at radius 1 is 1.08 bits per heavy atom. The van der Waals surface area contributed by atoms with Crippen molar-refractivity contribution in [3.05, 3.63) is 70.2 Å². The Kier molecular flexibility index (Phi) is 4.45. The number of hydrogen-bond donors (Lipinski definition) is 1. The van der Waals surface area contributed by atoms with Gasteiger partial charge in [0.05, 0.1) is 5.52 Å². The summed E-state index contributed by atoms with van der Waals surface area (Å²) < 4.78 is 5.21. The number of aromatic amines is 1. The number of hydrogen-bond acceptors (Lipinski definition) is 3. The maximum Gasteiger partial charge on any atom is 0.417 e. The molecule has 0 amide bonds. The fraction of sp³-hybridized carbons (Fsp3) is 0.381. The molecule has 3 aromatic rings. The summed E-state index contributed by atoms with van der Waals surface area (Å²) in [5.41, 5.74) is 4.12. The van der Waals surface area contributed by atoms with Crippen LogP contribution >= 0.6 is 0 Å². The lowest BCUT2D eigenvalue weighted by atomic mass is 9.81. The highest BCUT2D eigenvalue weighted by molar-refractivity contribution is 5.72. The quantitative estimate of drug-likeness (QED) is 0.773. The van der Waals surface area contributed by atoms with E-state index in [0.717, 1.165) is 12.1 Å². The fourth-order valence-electron chi connectivity index (χ4n) is 4.07. The van der Waals surface area contributed by atoms with E-state index >= 15 is 0 Å². The predicted molar refractivity (Wildman–Crippen MR) is 99.7 cm³/mol. The van der Waals surface area contributed by atoms with Crippen LogP contribution in [-0.4, -0.2) is 23.0 Å². The van der Waals surface area contributed by atoms with E-state index < -0.39 is 0 Å². The van der Waals surface area contributed by atoms with Gasteiger partial charge in [-0.1, -0.05) is 36.4 Å². The van der Waals surface area contributed by atoms with E-state index in [1.807, 2.05) is 12.1 Å². The SMILES string of the molecule is CN(Cc1ccccc1)C1CCC(c2ccc3[nH]c(=O)oc3c2)CC1. The van der Waals surface area contributed by atoms with Gasteiger partial charge < -0.3 is 4.42 Å². The Morgan fingerprint density at radius 3 is 2.60 bits per heavy atom. The summed E-state index contributed by atoms with van der Waals surface area (Å²) >= 11 is 0. The molecule has 0 spiro atoms. The van der Waals surface area contributed by atoms with Crippen molar-refractivity contribution in [2.45, 2.75) is 44.2 Å². The number of benzene rings is 2. The third-order valence-electron chi connectivity index (χ3n) is 5.51. The van der Waals surface area contributed by atoms with Gasteiger partial charge in [0.25, 0.3) is 0 Å². The second-order valence-electron chi connectivity index (χ2n) is 7.18. The molecule has 1 heterocycles. The summed E-state index contributed by atoms with van der Waals surface area (Å²) in [6.45, 7) is 1.01. The molecule has 1 aromatic heterocycles. The molecule has 1 saturated carbocycles. The first-order chi connectivity index (χ1) is 12.2. The van der Waals surface area contributed by atoms with Crippen LogP contribution in [0.2, 0.25) is 0 Å². The first kappa shape index (κ1) is 16.2. The maximum absolute atomic E-state index is 11.3. The predicted octanol–water partition coefficient (Wildman–Crippen LogP) is 4.28. The van der Waals surface area contributed by atoms with Crippen molar-refractivity contribution >= 4 is 11.1 Å². The molecule has 1 aliphatic rings. The number of fused-ring (bicyclic) bond motifs is 1. The van der Waals surface area contributed by atoms with Crippen molar-refractivity contribution in [3.8, 4) is 0 Å². The lowest BCUT2D eigenvalue weighted by Crippen LogP contribution is -2.34. The molecule has 4 nitrogen and oxygen atoms in total. The first-order valence-corrected chi connectivity index (χ1v) is 9.06. The largest absolute Gasteiger partial charge is 0.417 e. The molecule has 1 aliphatic carbocycles. The van der Waals surface area contributed by atoms with Gasteiger partial charge in [-0.15, -0.1) is 0 Å². The molecule has 0 radical (unpaired) electrons. The zero-order valence-electron chi connectivity index (χ0n) is 14.6. The van der Waals surface area contributed by atoms with Crippen LogP contribution in [0, 0.1) is 0 Å². The van der Waals surface area contributed by atoms with Crippen LogP contribution in [0.25, 0.3) is 11.1 Å². The number of oxazole rings is 1. The van der Waals surface area contributed by atoms with E-state index in [9.17, 15) is 4.79 Å². The molecule has 0 atom stereocenters. The number of H-pyrrole nitrogens is 1. The molecule has 0 unspecified atom stereocenters. The van der Waals surface area contributed by atoms with E-state index in [2.05, 4.69) is 53.3 Å². The topological polar surface area (TPSA) is 49.2 Å². The first-order valence-electron chi connectivity index (χ1n) is 9.06.